The monoisotopic (exact) mass is 276 g/mol. The van der Waals surface area contributed by atoms with E-state index < -0.39 is 24.7 Å². The molecule has 0 spiro atoms. The predicted molar refractivity (Wildman–Crippen MR) is 64.9 cm³/mol. The van der Waals surface area contributed by atoms with Crippen molar-refractivity contribution in [2.45, 2.75) is 25.6 Å². The Kier molecular flexibility index (Phi) is 5.02. The molecule has 19 heavy (non-hydrogen) atoms. The standard InChI is InChI=1S/C12H15F3N2O2/c1-2-10(11(16)18)17-8-4-3-5-9(6-8)19-7-12(13,14)15/h3-6,10,17H,2,7H2,1H3,(H2,16,18)/t10-/m0/s1. The second kappa shape index (κ2) is 6.31. The lowest BCUT2D eigenvalue weighted by atomic mass is 10.2. The van der Waals surface area contributed by atoms with Crippen LogP contribution >= 0.6 is 0 Å². The summed E-state index contributed by atoms with van der Waals surface area (Å²) in [5.74, 6) is -0.453. The molecule has 0 heterocycles. The van der Waals surface area contributed by atoms with Crippen LogP contribution in [0.2, 0.25) is 0 Å². The fourth-order valence-electron chi connectivity index (χ4n) is 1.42. The molecule has 4 nitrogen and oxygen atoms in total. The molecule has 0 aliphatic heterocycles. The van der Waals surface area contributed by atoms with E-state index in [0.717, 1.165) is 0 Å². The minimum Gasteiger partial charge on any atom is -0.484 e. The van der Waals surface area contributed by atoms with E-state index in [9.17, 15) is 18.0 Å². The largest absolute Gasteiger partial charge is 0.484 e. The molecule has 1 aromatic rings. The number of halogens is 3. The Hall–Kier alpha value is -1.92. The van der Waals surface area contributed by atoms with Crippen LogP contribution in [-0.4, -0.2) is 24.7 Å². The Morgan fingerprint density at radius 1 is 1.47 bits per heavy atom. The first-order valence-corrected chi connectivity index (χ1v) is 5.67. The molecule has 1 rings (SSSR count). The second-order valence-electron chi connectivity index (χ2n) is 3.94. The number of nitrogens with two attached hydrogens (primary N) is 1. The van der Waals surface area contributed by atoms with E-state index in [1.165, 1.54) is 18.2 Å². The molecule has 3 N–H and O–H groups in total. The lowest BCUT2D eigenvalue weighted by Gasteiger charge is -2.16. The molecule has 0 unspecified atom stereocenters. The van der Waals surface area contributed by atoms with Crippen LogP contribution in [0.3, 0.4) is 0 Å². The van der Waals surface area contributed by atoms with E-state index in [1.54, 1.807) is 13.0 Å². The van der Waals surface area contributed by atoms with Crippen LogP contribution in [0, 0.1) is 0 Å². The van der Waals surface area contributed by atoms with Crippen LogP contribution < -0.4 is 15.8 Å². The van der Waals surface area contributed by atoms with Crippen molar-refractivity contribution in [1.82, 2.24) is 0 Å². The maximum Gasteiger partial charge on any atom is 0.422 e. The van der Waals surface area contributed by atoms with E-state index in [1.807, 2.05) is 0 Å². The van der Waals surface area contributed by atoms with E-state index >= 15 is 0 Å². The molecule has 1 amide bonds. The van der Waals surface area contributed by atoms with Crippen molar-refractivity contribution in [3.05, 3.63) is 24.3 Å². The zero-order chi connectivity index (χ0) is 14.5. The summed E-state index contributed by atoms with van der Waals surface area (Å²) < 4.78 is 40.6. The van der Waals surface area contributed by atoms with Gasteiger partial charge in [-0.15, -0.1) is 0 Å². The first-order chi connectivity index (χ1) is 8.81. The van der Waals surface area contributed by atoms with Gasteiger partial charge >= 0.3 is 6.18 Å². The summed E-state index contributed by atoms with van der Waals surface area (Å²) in [5.41, 5.74) is 5.64. The van der Waals surface area contributed by atoms with E-state index in [-0.39, 0.29) is 5.75 Å². The van der Waals surface area contributed by atoms with E-state index in [4.69, 9.17) is 5.73 Å². The molecule has 0 saturated carbocycles. The highest BCUT2D eigenvalue weighted by Crippen LogP contribution is 2.21. The van der Waals surface area contributed by atoms with Gasteiger partial charge < -0.3 is 15.8 Å². The third-order valence-corrected chi connectivity index (χ3v) is 2.33. The summed E-state index contributed by atoms with van der Waals surface area (Å²) >= 11 is 0. The Morgan fingerprint density at radius 3 is 2.68 bits per heavy atom. The van der Waals surface area contributed by atoms with Crippen molar-refractivity contribution in [3.63, 3.8) is 0 Å². The Bertz CT molecular complexity index is 435. The number of nitrogens with one attached hydrogen (secondary N) is 1. The van der Waals surface area contributed by atoms with Crippen molar-refractivity contribution in [2.75, 3.05) is 11.9 Å². The molecule has 7 heteroatoms. The highest BCUT2D eigenvalue weighted by atomic mass is 19.4. The average Bonchev–Trinajstić information content (AvgIpc) is 2.33. The van der Waals surface area contributed by atoms with Crippen molar-refractivity contribution >= 4 is 11.6 Å². The number of alkyl halides is 3. The zero-order valence-electron chi connectivity index (χ0n) is 10.3. The molecule has 0 radical (unpaired) electrons. The number of hydrogen-bond acceptors (Lipinski definition) is 3. The minimum atomic E-state index is -4.39. The molecule has 0 fully saturated rings. The van der Waals surface area contributed by atoms with Crippen LogP contribution in [0.5, 0.6) is 5.75 Å². The zero-order valence-corrected chi connectivity index (χ0v) is 10.3. The smallest absolute Gasteiger partial charge is 0.422 e. The topological polar surface area (TPSA) is 64.3 Å². The van der Waals surface area contributed by atoms with Crippen LogP contribution in [0.1, 0.15) is 13.3 Å². The van der Waals surface area contributed by atoms with Gasteiger partial charge in [-0.1, -0.05) is 13.0 Å². The quantitative estimate of drug-likeness (QED) is 0.838. The van der Waals surface area contributed by atoms with Gasteiger partial charge in [-0.2, -0.15) is 13.2 Å². The fraction of sp³-hybridized carbons (Fsp3) is 0.417. The number of primary amides is 1. The predicted octanol–water partition coefficient (Wildman–Crippen LogP) is 2.30. The molecular weight excluding hydrogens is 261 g/mol. The van der Waals surface area contributed by atoms with Gasteiger partial charge in [0, 0.05) is 11.8 Å². The fourth-order valence-corrected chi connectivity index (χ4v) is 1.42. The van der Waals surface area contributed by atoms with Gasteiger partial charge in [-0.25, -0.2) is 0 Å². The molecule has 0 bridgehead atoms. The molecule has 0 aliphatic carbocycles. The van der Waals surface area contributed by atoms with Gasteiger partial charge in [-0.05, 0) is 18.6 Å². The van der Waals surface area contributed by atoms with Crippen LogP contribution in [0.25, 0.3) is 0 Å². The SMILES string of the molecule is CC[C@H](Nc1cccc(OCC(F)(F)F)c1)C(N)=O. The maximum atomic E-state index is 12.0. The Labute approximate surface area is 108 Å². The Balaban J connectivity index is 2.69. The number of ether oxygens (including phenoxy) is 1. The molecule has 0 saturated heterocycles. The van der Waals surface area contributed by atoms with Gasteiger partial charge in [0.05, 0.1) is 0 Å². The number of anilines is 1. The van der Waals surface area contributed by atoms with Gasteiger partial charge in [0.2, 0.25) is 5.91 Å². The normalized spacial score (nSPS) is 12.8. The third-order valence-electron chi connectivity index (χ3n) is 2.33. The highest BCUT2D eigenvalue weighted by Gasteiger charge is 2.28. The second-order valence-corrected chi connectivity index (χ2v) is 3.94. The van der Waals surface area contributed by atoms with E-state index in [0.29, 0.717) is 12.1 Å². The number of benzene rings is 1. The summed E-state index contributed by atoms with van der Waals surface area (Å²) in [7, 11) is 0. The summed E-state index contributed by atoms with van der Waals surface area (Å²) in [4.78, 5) is 11.1. The van der Waals surface area contributed by atoms with Crippen molar-refractivity contribution in [3.8, 4) is 5.75 Å². The molecule has 1 atom stereocenters. The lowest BCUT2D eigenvalue weighted by molar-refractivity contribution is -0.153. The van der Waals surface area contributed by atoms with Crippen LogP contribution in [-0.2, 0) is 4.79 Å². The molecule has 1 aromatic carbocycles. The van der Waals surface area contributed by atoms with Gasteiger partial charge in [0.25, 0.3) is 0 Å². The molecule has 0 aromatic heterocycles. The third kappa shape index (κ3) is 5.50. The van der Waals surface area contributed by atoms with Crippen LogP contribution in [0.15, 0.2) is 24.3 Å². The number of amides is 1. The number of rotatable bonds is 6. The van der Waals surface area contributed by atoms with Crippen molar-refractivity contribution in [2.24, 2.45) is 5.73 Å². The minimum absolute atomic E-state index is 0.0710. The average molecular weight is 276 g/mol. The van der Waals surface area contributed by atoms with Gasteiger partial charge in [0.1, 0.15) is 11.8 Å². The summed E-state index contributed by atoms with van der Waals surface area (Å²) in [6.45, 7) is 0.413. The summed E-state index contributed by atoms with van der Waals surface area (Å²) in [6.07, 6.45) is -3.91. The molecular formula is C12H15F3N2O2. The van der Waals surface area contributed by atoms with Gasteiger partial charge in [0.15, 0.2) is 6.61 Å². The van der Waals surface area contributed by atoms with E-state index in [2.05, 4.69) is 10.1 Å². The Morgan fingerprint density at radius 2 is 2.16 bits per heavy atom. The van der Waals surface area contributed by atoms with Crippen LogP contribution in [0.4, 0.5) is 18.9 Å². The number of hydrogen-bond donors (Lipinski definition) is 2. The van der Waals surface area contributed by atoms with Gasteiger partial charge in [-0.3, -0.25) is 4.79 Å². The molecule has 0 aliphatic rings. The van der Waals surface area contributed by atoms with Crippen molar-refractivity contribution in [1.29, 1.82) is 0 Å². The summed E-state index contributed by atoms with van der Waals surface area (Å²) in [5, 5.41) is 2.83. The number of carbonyl (C=O) groups is 1. The maximum absolute atomic E-state index is 12.0. The first-order valence-electron chi connectivity index (χ1n) is 5.67. The first kappa shape index (κ1) is 15.1. The highest BCUT2D eigenvalue weighted by molar-refractivity contribution is 5.82. The molecule has 106 valence electrons. The lowest BCUT2D eigenvalue weighted by Crippen LogP contribution is -2.34. The van der Waals surface area contributed by atoms with Crippen molar-refractivity contribution < 1.29 is 22.7 Å². The summed E-state index contributed by atoms with van der Waals surface area (Å²) in [6, 6.07) is 5.37. The number of carbonyl (C=O) groups excluding carboxylic acids is 1.